The number of rotatable bonds is 10. The molecule has 1 saturated carbocycles. The van der Waals surface area contributed by atoms with Gasteiger partial charge < -0.3 is 28.3 Å². The Morgan fingerprint density at radius 2 is 1.40 bits per heavy atom. The van der Waals surface area contributed by atoms with Crippen LogP contribution < -0.4 is 0 Å². The molecule has 8 heterocycles. The average Bonchev–Trinajstić information content (AvgIpc) is 4.02. The molecule has 3 unspecified atom stereocenters. The van der Waals surface area contributed by atoms with Crippen LogP contribution in [-0.4, -0.2) is 107 Å². The number of hydrogen-bond donors (Lipinski definition) is 0. The van der Waals surface area contributed by atoms with Crippen molar-refractivity contribution in [3.05, 3.63) is 59.9 Å². The smallest absolute Gasteiger partial charge is 0.258 e. The van der Waals surface area contributed by atoms with Gasteiger partial charge in [-0.15, -0.1) is 0 Å². The van der Waals surface area contributed by atoms with E-state index in [1.54, 1.807) is 0 Å². The predicted octanol–water partition coefficient (Wildman–Crippen LogP) is 6.77. The maximum atomic E-state index is 12.7. The van der Waals surface area contributed by atoms with E-state index >= 15 is 0 Å². The Morgan fingerprint density at radius 1 is 0.733 bits per heavy atom. The molecule has 16 heteroatoms. The van der Waals surface area contributed by atoms with E-state index in [0.29, 0.717) is 68.4 Å². The highest BCUT2D eigenvalue weighted by molar-refractivity contribution is 5.87. The maximum absolute atomic E-state index is 12.7. The topological polar surface area (TPSA) is 173 Å². The van der Waals surface area contributed by atoms with Gasteiger partial charge in [0.25, 0.3) is 11.8 Å². The van der Waals surface area contributed by atoms with Crippen molar-refractivity contribution in [2.45, 2.75) is 101 Å². The Balaban J connectivity index is 0.807. The summed E-state index contributed by atoms with van der Waals surface area (Å²) < 4.78 is 28.2. The summed E-state index contributed by atoms with van der Waals surface area (Å²) in [4.78, 5) is 38.5. The molecule has 2 aromatic carbocycles. The van der Waals surface area contributed by atoms with E-state index in [1.807, 2.05) is 41.1 Å². The van der Waals surface area contributed by atoms with E-state index in [9.17, 15) is 9.59 Å². The van der Waals surface area contributed by atoms with Crippen molar-refractivity contribution in [1.29, 1.82) is 0 Å². The van der Waals surface area contributed by atoms with Gasteiger partial charge in [0, 0.05) is 85.8 Å². The fourth-order valence-corrected chi connectivity index (χ4v) is 9.69. The molecule has 0 N–H and O–H groups in total. The van der Waals surface area contributed by atoms with Crippen molar-refractivity contribution in [1.82, 2.24) is 49.6 Å². The van der Waals surface area contributed by atoms with E-state index in [1.165, 1.54) is 12.8 Å². The van der Waals surface area contributed by atoms with Crippen molar-refractivity contribution in [2.75, 3.05) is 46.0 Å². The molecule has 0 spiro atoms. The van der Waals surface area contributed by atoms with Gasteiger partial charge in [0.2, 0.25) is 11.8 Å². The third-order valence-electron chi connectivity index (χ3n) is 13.5. The Kier molecular flexibility index (Phi) is 9.71. The van der Waals surface area contributed by atoms with Crippen LogP contribution in [0.3, 0.4) is 0 Å². The maximum Gasteiger partial charge on any atom is 0.258 e. The van der Waals surface area contributed by atoms with E-state index in [-0.39, 0.29) is 41.8 Å². The number of carbonyl (C=O) groups excluding carboxylic acids is 2. The molecule has 3 atom stereocenters. The van der Waals surface area contributed by atoms with Gasteiger partial charge in [-0.2, -0.15) is 20.2 Å². The summed E-state index contributed by atoms with van der Waals surface area (Å²) in [7, 11) is 0. The number of ether oxygens (including phenoxy) is 2. The van der Waals surface area contributed by atoms with Crippen LogP contribution in [0, 0.1) is 5.92 Å². The van der Waals surface area contributed by atoms with Crippen LogP contribution in [0.1, 0.15) is 118 Å². The average molecular weight is 815 g/mol. The number of amides is 2. The summed E-state index contributed by atoms with van der Waals surface area (Å²) in [5.41, 5.74) is 4.55. The van der Waals surface area contributed by atoms with Crippen LogP contribution in [-0.2, 0) is 19.1 Å². The number of fused-ring (bicyclic) bond motifs is 2. The third kappa shape index (κ3) is 7.06. The van der Waals surface area contributed by atoms with Gasteiger partial charge in [0.1, 0.15) is 6.10 Å². The fraction of sp³-hybridized carbons (Fsp3) is 0.545. The zero-order valence-corrected chi connectivity index (χ0v) is 33.9. The van der Waals surface area contributed by atoms with Crippen LogP contribution in [0.25, 0.3) is 44.7 Å². The van der Waals surface area contributed by atoms with Gasteiger partial charge in [0.15, 0.2) is 11.6 Å². The zero-order valence-electron chi connectivity index (χ0n) is 33.9. The van der Waals surface area contributed by atoms with Gasteiger partial charge in [0.05, 0.1) is 48.2 Å². The lowest BCUT2D eigenvalue weighted by Gasteiger charge is -2.30. The van der Waals surface area contributed by atoms with E-state index < -0.39 is 0 Å². The molecule has 4 aromatic heterocycles. The molecule has 312 valence electrons. The SMILES string of the molecule is CCC(=O)N1CCC(c2noc(-c3ccc4cnn(C5COC(c6nn(C7CCOC7)c7cc(-c8nc(C9CCN(C(=O)CC%10CC%10)CC9)no8)ccc67)C5)c4c3)n2)CC1. The Hall–Kier alpha value is -5.48. The molecule has 4 aliphatic heterocycles. The van der Waals surface area contributed by atoms with Gasteiger partial charge in [-0.3, -0.25) is 19.0 Å². The highest BCUT2D eigenvalue weighted by atomic mass is 16.5. The summed E-state index contributed by atoms with van der Waals surface area (Å²) in [6.07, 6.45) is 10.2. The van der Waals surface area contributed by atoms with Gasteiger partial charge >= 0.3 is 0 Å². The summed E-state index contributed by atoms with van der Waals surface area (Å²) in [5, 5.41) is 20.9. The first-order chi connectivity index (χ1) is 29.5. The standard InChI is InChI=1S/C44H50N10O6/c1-2-38(55)51-14-9-27(10-15-51)41-46-43(59-49-41)29-5-6-31-23-45-53(35(31)20-29)33-22-37(58-25-33)40-34-8-7-30(21-36(34)54(48-40)32-13-18-57-24-32)44-47-42(50-60-44)28-11-16-52(17-12-28)39(56)19-26-3-4-26/h5-8,20-21,23,26-28,32-33,37H,2-4,9-19,22,24-25H2,1H3. The quantitative estimate of drug-likeness (QED) is 0.142. The molecule has 0 radical (unpaired) electrons. The lowest BCUT2D eigenvalue weighted by atomic mass is 9.96. The van der Waals surface area contributed by atoms with Crippen LogP contribution in [0.5, 0.6) is 0 Å². The number of piperidine rings is 2. The zero-order chi connectivity index (χ0) is 40.3. The van der Waals surface area contributed by atoms with Crippen molar-refractivity contribution in [2.24, 2.45) is 5.92 Å². The summed E-state index contributed by atoms with van der Waals surface area (Å²) in [5.74, 6) is 3.79. The molecule has 2 amide bonds. The highest BCUT2D eigenvalue weighted by Crippen LogP contribution is 2.41. The molecule has 4 saturated heterocycles. The molecular weight excluding hydrogens is 765 g/mol. The lowest BCUT2D eigenvalue weighted by molar-refractivity contribution is -0.133. The largest absolute Gasteiger partial charge is 0.379 e. The monoisotopic (exact) mass is 814 g/mol. The highest BCUT2D eigenvalue weighted by Gasteiger charge is 2.35. The second-order valence-corrected chi connectivity index (χ2v) is 17.4. The molecule has 60 heavy (non-hydrogen) atoms. The lowest BCUT2D eigenvalue weighted by Crippen LogP contribution is -2.38. The number of aromatic nitrogens is 8. The van der Waals surface area contributed by atoms with Crippen molar-refractivity contribution < 1.29 is 28.1 Å². The normalized spacial score (nSPS) is 23.1. The number of nitrogens with zero attached hydrogens (tertiary/aromatic N) is 10. The number of hydrogen-bond acceptors (Lipinski definition) is 12. The van der Waals surface area contributed by atoms with Gasteiger partial charge in [-0.1, -0.05) is 29.4 Å². The summed E-state index contributed by atoms with van der Waals surface area (Å²) in [6, 6.07) is 12.5. The molecule has 16 nitrogen and oxygen atoms in total. The van der Waals surface area contributed by atoms with Crippen molar-refractivity contribution in [3.8, 4) is 22.9 Å². The molecule has 5 fully saturated rings. The van der Waals surface area contributed by atoms with Crippen LogP contribution in [0.4, 0.5) is 0 Å². The molecule has 5 aliphatic rings. The minimum Gasteiger partial charge on any atom is -0.379 e. The van der Waals surface area contributed by atoms with Crippen LogP contribution in [0.2, 0.25) is 0 Å². The van der Waals surface area contributed by atoms with Gasteiger partial charge in [-0.05, 0) is 75.1 Å². The van der Waals surface area contributed by atoms with E-state index in [0.717, 1.165) is 96.9 Å². The molecule has 0 bridgehead atoms. The Bertz CT molecular complexity index is 2530. The fourth-order valence-electron chi connectivity index (χ4n) is 9.69. The number of carbonyl (C=O) groups is 2. The molecule has 1 aliphatic carbocycles. The first-order valence-corrected chi connectivity index (χ1v) is 21.9. The Labute approximate surface area is 346 Å². The second-order valence-electron chi connectivity index (χ2n) is 17.4. The summed E-state index contributed by atoms with van der Waals surface area (Å²) >= 11 is 0. The molecule has 11 rings (SSSR count). The minimum atomic E-state index is -0.232. The first-order valence-electron chi connectivity index (χ1n) is 21.9. The minimum absolute atomic E-state index is 0.00806. The number of benzene rings is 2. The first kappa shape index (κ1) is 37.5. The van der Waals surface area contributed by atoms with Crippen molar-refractivity contribution in [3.63, 3.8) is 0 Å². The molecular formula is C44H50N10O6. The van der Waals surface area contributed by atoms with Crippen LogP contribution in [0.15, 0.2) is 51.6 Å². The van der Waals surface area contributed by atoms with E-state index in [4.69, 9.17) is 38.7 Å². The van der Waals surface area contributed by atoms with Gasteiger partial charge in [-0.25, -0.2) is 0 Å². The van der Waals surface area contributed by atoms with E-state index in [2.05, 4.69) is 37.9 Å². The number of likely N-dealkylation sites (tertiary alicyclic amines) is 2. The molecule has 6 aromatic rings. The predicted molar refractivity (Wildman–Crippen MR) is 218 cm³/mol. The Morgan fingerprint density at radius 3 is 2.05 bits per heavy atom. The third-order valence-corrected chi connectivity index (χ3v) is 13.5. The van der Waals surface area contributed by atoms with Crippen LogP contribution >= 0.6 is 0 Å². The summed E-state index contributed by atoms with van der Waals surface area (Å²) in [6.45, 7) is 6.61. The second kappa shape index (κ2) is 15.5. The van der Waals surface area contributed by atoms with Crippen molar-refractivity contribution >= 4 is 33.6 Å².